The van der Waals surface area contributed by atoms with Crippen molar-refractivity contribution in [3.05, 3.63) is 70.8 Å². The van der Waals surface area contributed by atoms with E-state index in [4.69, 9.17) is 5.73 Å². The number of nitrogens with zero attached hydrogens (tertiary/aromatic N) is 1. The first-order chi connectivity index (χ1) is 18.0. The van der Waals surface area contributed by atoms with Gasteiger partial charge >= 0.3 is 115 Å². The van der Waals surface area contributed by atoms with E-state index in [1.54, 1.807) is 24.3 Å². The van der Waals surface area contributed by atoms with Gasteiger partial charge in [0.2, 0.25) is 0 Å². The standard InChI is InChI=1S/C11H13NO.C8H6O2.C3H9N.2C2H6.I3.3HI.V/c1-8(2)12-7-9-5-3-4-6-10(9)11(12)13;9-5-7-3-1-2-4-8(7)6-10;1-3(2)4;2*1-2;1-3-2;;;;/h3-6,8H,7H2,1-2H3;1-6H;3H,4H2,1-2H3;2*1-2H3;;3*1H;/q;;;;;-1;;;;+3/p-3. The molecule has 38 heavy (non-hydrogen) atoms. The van der Waals surface area contributed by atoms with Crippen molar-refractivity contribution >= 4 is 116 Å². The molecule has 0 saturated heterocycles. The van der Waals surface area contributed by atoms with Crippen LogP contribution < -0.4 is 19.0 Å². The molecule has 1 heterocycles. The van der Waals surface area contributed by atoms with Crippen molar-refractivity contribution in [3.63, 3.8) is 0 Å². The van der Waals surface area contributed by atoms with E-state index < -0.39 is 0 Å². The molecule has 0 aromatic heterocycles. The van der Waals surface area contributed by atoms with Crippen molar-refractivity contribution in [1.29, 1.82) is 0 Å². The molecule has 0 fully saturated rings. The van der Waals surface area contributed by atoms with Crippen LogP contribution >= 0.6 is 97.2 Å². The van der Waals surface area contributed by atoms with Crippen LogP contribution in [0.25, 0.3) is 0 Å². The van der Waals surface area contributed by atoms with Gasteiger partial charge in [-0.1, -0.05) is 84.0 Å². The van der Waals surface area contributed by atoms with E-state index in [1.807, 2.05) is 84.6 Å². The second-order valence-electron chi connectivity index (χ2n) is 7.04. The van der Waals surface area contributed by atoms with Crippen LogP contribution in [0.2, 0.25) is 0 Å². The van der Waals surface area contributed by atoms with Crippen LogP contribution in [0.3, 0.4) is 0 Å². The quantitative estimate of drug-likeness (QED) is 0.261. The Morgan fingerprint density at radius 2 is 1.16 bits per heavy atom. The van der Waals surface area contributed by atoms with Gasteiger partial charge in [0.05, 0.1) is 0 Å². The van der Waals surface area contributed by atoms with Crippen molar-refractivity contribution in [2.45, 2.75) is 74.0 Å². The number of halogens is 6. The molecule has 3 rings (SSSR count). The molecule has 2 aromatic rings. The molecule has 0 bridgehead atoms. The monoisotopic (exact) mass is 1240 g/mol. The Kier molecular flexibility index (Phi) is 41.8. The summed E-state index contributed by atoms with van der Waals surface area (Å²) in [5, 5.41) is 0. The van der Waals surface area contributed by atoms with E-state index in [-0.39, 0.29) is 10.8 Å². The summed E-state index contributed by atoms with van der Waals surface area (Å²) >= 11 is 12.7. The summed E-state index contributed by atoms with van der Waals surface area (Å²) in [6.07, 6.45) is 1.34. The topological polar surface area (TPSA) is 80.5 Å². The summed E-state index contributed by atoms with van der Waals surface area (Å²) < 4.78 is 0. The normalized spacial score (nSPS) is 10.3. The second-order valence-corrected chi connectivity index (χ2v) is 58.7. The first-order valence-electron chi connectivity index (χ1n) is 11.7. The van der Waals surface area contributed by atoms with Gasteiger partial charge in [0.25, 0.3) is 5.91 Å². The van der Waals surface area contributed by atoms with Crippen LogP contribution in [0.1, 0.15) is 92.0 Å². The van der Waals surface area contributed by atoms with E-state index >= 15 is 0 Å². The summed E-state index contributed by atoms with van der Waals surface area (Å²) in [6.45, 7) is 16.8. The Balaban J connectivity index is -0.000000205. The van der Waals surface area contributed by atoms with Crippen molar-refractivity contribution < 1.29 is 32.6 Å². The summed E-state index contributed by atoms with van der Waals surface area (Å²) in [4.78, 5) is 33.8. The number of hydrogen-bond acceptors (Lipinski definition) is 4. The van der Waals surface area contributed by atoms with Crippen LogP contribution in [-0.2, 0) is 11.5 Å². The molecule has 0 radical (unpaired) electrons. The van der Waals surface area contributed by atoms with Crippen LogP contribution in [0.4, 0.5) is 0 Å². The predicted molar refractivity (Wildman–Crippen MR) is 201 cm³/mol. The average molecular weight is 1240 g/mol. The van der Waals surface area contributed by atoms with Crippen molar-refractivity contribution in [2.24, 2.45) is 5.73 Å². The molecule has 0 saturated carbocycles. The van der Waals surface area contributed by atoms with Crippen LogP contribution in [-0.4, -0.2) is 35.5 Å². The second kappa shape index (κ2) is 33.7. The first-order valence-corrected chi connectivity index (χ1v) is 37.8. The Labute approximate surface area is 298 Å². The molecule has 1 amide bonds. The molecule has 0 unspecified atom stereocenters. The minimum absolute atomic E-state index is 0.172. The van der Waals surface area contributed by atoms with E-state index in [2.05, 4.69) is 97.2 Å². The first kappa shape index (κ1) is 47.1. The van der Waals surface area contributed by atoms with Crippen molar-refractivity contribution in [1.82, 2.24) is 4.90 Å². The van der Waals surface area contributed by atoms with E-state index in [0.29, 0.717) is 49.0 Å². The molecule has 2 aromatic carbocycles. The third kappa shape index (κ3) is 27.0. The zero-order valence-corrected chi connectivity index (χ0v) is 37.4. The van der Waals surface area contributed by atoms with E-state index in [1.165, 1.54) is 0 Å². The van der Waals surface area contributed by atoms with Gasteiger partial charge in [-0.15, -0.1) is 0 Å². The number of rotatable bonds is 3. The number of benzene rings is 2. The van der Waals surface area contributed by atoms with Crippen molar-refractivity contribution in [3.8, 4) is 0 Å². The molecule has 0 atom stereocenters. The van der Waals surface area contributed by atoms with E-state index in [9.17, 15) is 14.4 Å². The zero-order valence-electron chi connectivity index (χ0n) is 23.1. The minimum atomic E-state index is -0.278. The van der Waals surface area contributed by atoms with Gasteiger partial charge in [0.15, 0.2) is 12.6 Å². The maximum atomic E-state index is 11.8. The average Bonchev–Trinajstić information content (AvgIpc) is 3.23. The Hall–Kier alpha value is 2.17. The number of amides is 1. The SMILES string of the molecule is CC.CC.CC(C)N.CC(C)N1Cc2ccccc2C1=O.I[I-]I.O=Cc1ccccc1C=O.[I][V]([I])[I]. The maximum absolute atomic E-state index is 11.8. The van der Waals surface area contributed by atoms with Crippen LogP contribution in [0, 0.1) is 0 Å². The van der Waals surface area contributed by atoms with Gasteiger partial charge in [0, 0.05) is 29.3 Å². The fourth-order valence-corrected chi connectivity index (χ4v) is 2.42. The van der Waals surface area contributed by atoms with Gasteiger partial charge in [-0.05, 0) is 31.5 Å². The fraction of sp³-hybridized carbons (Fsp3) is 0.423. The summed E-state index contributed by atoms with van der Waals surface area (Å²) in [7, 11) is 0. The van der Waals surface area contributed by atoms with Gasteiger partial charge < -0.3 is 10.6 Å². The Morgan fingerprint density at radius 1 is 0.842 bits per heavy atom. The molecule has 220 valence electrons. The van der Waals surface area contributed by atoms with Crippen LogP contribution in [0.5, 0.6) is 0 Å². The molecule has 1 aliphatic rings. The summed E-state index contributed by atoms with van der Waals surface area (Å²) in [6, 6.07) is 15.1. The molecular weight excluding hydrogens is 1200 g/mol. The van der Waals surface area contributed by atoms with Gasteiger partial charge in [-0.2, -0.15) is 0 Å². The molecule has 0 aliphatic carbocycles. The van der Waals surface area contributed by atoms with Crippen molar-refractivity contribution in [2.75, 3.05) is 0 Å². The molecule has 5 nitrogen and oxygen atoms in total. The Bertz CT molecular complexity index is 821. The number of aldehydes is 2. The van der Waals surface area contributed by atoms with Crippen LogP contribution in [0.15, 0.2) is 48.5 Å². The van der Waals surface area contributed by atoms with Gasteiger partial charge in [-0.3, -0.25) is 14.4 Å². The van der Waals surface area contributed by atoms with Gasteiger partial charge in [-0.25, -0.2) is 0 Å². The Morgan fingerprint density at radius 3 is 1.45 bits per heavy atom. The third-order valence-electron chi connectivity index (χ3n) is 3.72. The zero-order chi connectivity index (χ0) is 30.7. The summed E-state index contributed by atoms with van der Waals surface area (Å²) in [5.74, 6) is 0.172. The molecule has 0 spiro atoms. The number of fused-ring (bicyclic) bond motifs is 1. The number of carbonyl (C=O) groups is 3. The number of carbonyl (C=O) groups excluding carboxylic acids is 3. The fourth-order valence-electron chi connectivity index (χ4n) is 2.42. The van der Waals surface area contributed by atoms with Gasteiger partial charge in [0.1, 0.15) is 0 Å². The number of hydrogen-bond donors (Lipinski definition) is 1. The molecular formula is C26H40I6N2O3V-. The number of nitrogens with two attached hydrogens (primary N) is 1. The predicted octanol–water partition coefficient (Wildman–Crippen LogP) is 7.20. The van der Waals surface area contributed by atoms with E-state index in [0.717, 1.165) is 17.7 Å². The molecule has 1 aliphatic heterocycles. The molecule has 2 N–H and O–H groups in total. The molecule has 12 heteroatoms. The third-order valence-corrected chi connectivity index (χ3v) is 3.72. The summed E-state index contributed by atoms with van der Waals surface area (Å²) in [5.41, 5.74) is 8.02.